The first-order valence-electron chi connectivity index (χ1n) is 8.44. The standard InChI is InChI=1S/C18H26N2O5/c1-4-20(11-13-7-8-25-12-13)17(21)10-19-18(22)14-5-6-15(23-2)16(9-14)24-3/h5-6,9,13H,4,7-8,10-12H2,1-3H3,(H,19,22). The molecule has 1 N–H and O–H groups in total. The van der Waals surface area contributed by atoms with Gasteiger partial charge in [-0.05, 0) is 31.5 Å². The maximum absolute atomic E-state index is 12.3. The summed E-state index contributed by atoms with van der Waals surface area (Å²) in [5, 5.41) is 2.67. The van der Waals surface area contributed by atoms with E-state index in [0.29, 0.717) is 42.7 Å². The van der Waals surface area contributed by atoms with E-state index in [0.717, 1.165) is 13.0 Å². The Balaban J connectivity index is 1.90. The van der Waals surface area contributed by atoms with E-state index in [-0.39, 0.29) is 18.4 Å². The first-order valence-corrected chi connectivity index (χ1v) is 8.44. The topological polar surface area (TPSA) is 77.1 Å². The van der Waals surface area contributed by atoms with E-state index >= 15 is 0 Å². The number of carbonyl (C=O) groups is 2. The summed E-state index contributed by atoms with van der Waals surface area (Å²) in [6.07, 6.45) is 0.974. The number of carbonyl (C=O) groups excluding carboxylic acids is 2. The van der Waals surface area contributed by atoms with Crippen LogP contribution in [0.15, 0.2) is 18.2 Å². The van der Waals surface area contributed by atoms with Crippen molar-refractivity contribution in [2.75, 3.05) is 47.1 Å². The van der Waals surface area contributed by atoms with Gasteiger partial charge in [-0.25, -0.2) is 0 Å². The molecule has 7 nitrogen and oxygen atoms in total. The lowest BCUT2D eigenvalue weighted by Gasteiger charge is -2.24. The van der Waals surface area contributed by atoms with Crippen LogP contribution in [-0.2, 0) is 9.53 Å². The fourth-order valence-electron chi connectivity index (χ4n) is 2.79. The monoisotopic (exact) mass is 350 g/mol. The molecule has 0 radical (unpaired) electrons. The molecule has 1 saturated heterocycles. The molecule has 0 bridgehead atoms. The van der Waals surface area contributed by atoms with Crippen LogP contribution in [0.1, 0.15) is 23.7 Å². The SMILES string of the molecule is CCN(CC1CCOC1)C(=O)CNC(=O)c1ccc(OC)c(OC)c1. The Morgan fingerprint density at radius 3 is 2.64 bits per heavy atom. The molecule has 1 aliphatic rings. The van der Waals surface area contributed by atoms with Crippen molar-refractivity contribution in [1.82, 2.24) is 10.2 Å². The number of nitrogens with zero attached hydrogens (tertiary/aromatic N) is 1. The van der Waals surface area contributed by atoms with Crippen LogP contribution >= 0.6 is 0 Å². The van der Waals surface area contributed by atoms with Gasteiger partial charge in [0.1, 0.15) is 0 Å². The van der Waals surface area contributed by atoms with Gasteiger partial charge in [0.05, 0.1) is 27.4 Å². The summed E-state index contributed by atoms with van der Waals surface area (Å²) in [6, 6.07) is 4.88. The van der Waals surface area contributed by atoms with Gasteiger partial charge in [0, 0.05) is 31.2 Å². The summed E-state index contributed by atoms with van der Waals surface area (Å²) < 4.78 is 15.7. The molecule has 0 aliphatic carbocycles. The largest absolute Gasteiger partial charge is 0.493 e. The Kier molecular flexibility index (Phi) is 7.06. The van der Waals surface area contributed by atoms with Crippen LogP contribution in [0.4, 0.5) is 0 Å². The number of methoxy groups -OCH3 is 2. The molecule has 0 saturated carbocycles. The van der Waals surface area contributed by atoms with Crippen molar-refractivity contribution in [3.63, 3.8) is 0 Å². The highest BCUT2D eigenvalue weighted by atomic mass is 16.5. The summed E-state index contributed by atoms with van der Waals surface area (Å²) in [5.41, 5.74) is 0.415. The number of hydrogen-bond donors (Lipinski definition) is 1. The summed E-state index contributed by atoms with van der Waals surface area (Å²) in [6.45, 7) is 4.63. The van der Waals surface area contributed by atoms with Crippen LogP contribution in [0.5, 0.6) is 11.5 Å². The van der Waals surface area contributed by atoms with Gasteiger partial charge in [0.25, 0.3) is 5.91 Å². The number of rotatable bonds is 8. The Morgan fingerprint density at radius 1 is 1.28 bits per heavy atom. The maximum atomic E-state index is 12.3. The zero-order chi connectivity index (χ0) is 18.2. The van der Waals surface area contributed by atoms with Crippen molar-refractivity contribution >= 4 is 11.8 Å². The van der Waals surface area contributed by atoms with Crippen LogP contribution in [0.2, 0.25) is 0 Å². The van der Waals surface area contributed by atoms with Crippen molar-refractivity contribution in [2.45, 2.75) is 13.3 Å². The minimum atomic E-state index is -0.324. The van der Waals surface area contributed by atoms with E-state index in [2.05, 4.69) is 5.32 Å². The molecule has 1 aromatic carbocycles. The predicted molar refractivity (Wildman–Crippen MR) is 93.1 cm³/mol. The average Bonchev–Trinajstić information content (AvgIpc) is 3.16. The zero-order valence-corrected chi connectivity index (χ0v) is 15.0. The number of amides is 2. The Morgan fingerprint density at radius 2 is 2.04 bits per heavy atom. The Hall–Kier alpha value is -2.28. The molecule has 1 aliphatic heterocycles. The maximum Gasteiger partial charge on any atom is 0.251 e. The van der Waals surface area contributed by atoms with Crippen molar-refractivity contribution in [3.05, 3.63) is 23.8 Å². The van der Waals surface area contributed by atoms with Crippen LogP contribution in [0, 0.1) is 5.92 Å². The van der Waals surface area contributed by atoms with E-state index in [1.54, 1.807) is 23.1 Å². The van der Waals surface area contributed by atoms with Crippen molar-refractivity contribution in [1.29, 1.82) is 0 Å². The first kappa shape index (κ1) is 19.1. The highest BCUT2D eigenvalue weighted by Gasteiger charge is 2.22. The minimum absolute atomic E-state index is 0.0331. The molecule has 0 spiro atoms. The van der Waals surface area contributed by atoms with Crippen molar-refractivity contribution in [3.8, 4) is 11.5 Å². The number of ether oxygens (including phenoxy) is 3. The third-order valence-electron chi connectivity index (χ3n) is 4.28. The molecular formula is C18H26N2O5. The fraction of sp³-hybridized carbons (Fsp3) is 0.556. The highest BCUT2D eigenvalue weighted by molar-refractivity contribution is 5.97. The van der Waals surface area contributed by atoms with Crippen LogP contribution in [0.25, 0.3) is 0 Å². The number of benzene rings is 1. The lowest BCUT2D eigenvalue weighted by atomic mass is 10.1. The number of hydrogen-bond acceptors (Lipinski definition) is 5. The molecule has 1 unspecified atom stereocenters. The second-order valence-corrected chi connectivity index (χ2v) is 5.91. The summed E-state index contributed by atoms with van der Waals surface area (Å²) >= 11 is 0. The molecule has 1 heterocycles. The highest BCUT2D eigenvalue weighted by Crippen LogP contribution is 2.27. The number of likely N-dealkylation sites (N-methyl/N-ethyl adjacent to an activating group) is 1. The molecule has 25 heavy (non-hydrogen) atoms. The lowest BCUT2D eigenvalue weighted by molar-refractivity contribution is -0.130. The predicted octanol–water partition coefficient (Wildman–Crippen LogP) is 1.32. The smallest absolute Gasteiger partial charge is 0.251 e. The van der Waals surface area contributed by atoms with Gasteiger partial charge in [-0.15, -0.1) is 0 Å². The van der Waals surface area contributed by atoms with Gasteiger partial charge in [-0.1, -0.05) is 0 Å². The second kappa shape index (κ2) is 9.27. The fourth-order valence-corrected chi connectivity index (χ4v) is 2.79. The zero-order valence-electron chi connectivity index (χ0n) is 15.0. The average molecular weight is 350 g/mol. The Bertz CT molecular complexity index is 599. The number of nitrogens with one attached hydrogen (secondary N) is 1. The molecule has 2 rings (SSSR count). The molecular weight excluding hydrogens is 324 g/mol. The molecule has 7 heteroatoms. The van der Waals surface area contributed by atoms with Crippen LogP contribution < -0.4 is 14.8 Å². The molecule has 1 atom stereocenters. The summed E-state index contributed by atoms with van der Waals surface area (Å²) in [4.78, 5) is 26.4. The van der Waals surface area contributed by atoms with E-state index in [1.807, 2.05) is 6.92 Å². The van der Waals surface area contributed by atoms with E-state index < -0.39 is 0 Å². The van der Waals surface area contributed by atoms with Gasteiger partial charge in [-0.2, -0.15) is 0 Å². The quantitative estimate of drug-likeness (QED) is 0.765. The Labute approximate surface area is 148 Å². The van der Waals surface area contributed by atoms with E-state index in [4.69, 9.17) is 14.2 Å². The van der Waals surface area contributed by atoms with Gasteiger partial charge in [0.15, 0.2) is 11.5 Å². The second-order valence-electron chi connectivity index (χ2n) is 5.91. The first-order chi connectivity index (χ1) is 12.1. The van der Waals surface area contributed by atoms with Gasteiger partial charge >= 0.3 is 0 Å². The molecule has 1 fully saturated rings. The third-order valence-corrected chi connectivity index (χ3v) is 4.28. The third kappa shape index (κ3) is 5.09. The molecule has 138 valence electrons. The molecule has 2 amide bonds. The van der Waals surface area contributed by atoms with Crippen LogP contribution in [0.3, 0.4) is 0 Å². The lowest BCUT2D eigenvalue weighted by Crippen LogP contribution is -2.42. The summed E-state index contributed by atoms with van der Waals surface area (Å²) in [7, 11) is 3.04. The van der Waals surface area contributed by atoms with Gasteiger partial charge in [0.2, 0.25) is 5.91 Å². The van der Waals surface area contributed by atoms with Gasteiger partial charge in [-0.3, -0.25) is 9.59 Å². The molecule has 1 aromatic rings. The minimum Gasteiger partial charge on any atom is -0.493 e. The normalized spacial score (nSPS) is 16.4. The van der Waals surface area contributed by atoms with E-state index in [1.165, 1.54) is 14.2 Å². The summed E-state index contributed by atoms with van der Waals surface area (Å²) in [5.74, 6) is 0.979. The molecule has 0 aromatic heterocycles. The van der Waals surface area contributed by atoms with Crippen LogP contribution in [-0.4, -0.2) is 63.8 Å². The van der Waals surface area contributed by atoms with Gasteiger partial charge < -0.3 is 24.4 Å². The van der Waals surface area contributed by atoms with E-state index in [9.17, 15) is 9.59 Å². The van der Waals surface area contributed by atoms with Crippen molar-refractivity contribution in [2.24, 2.45) is 5.92 Å². The van der Waals surface area contributed by atoms with Crippen molar-refractivity contribution < 1.29 is 23.8 Å².